The third-order valence-corrected chi connectivity index (χ3v) is 6.48. The van der Waals surface area contributed by atoms with Gasteiger partial charge in [0.25, 0.3) is 0 Å². The molecule has 0 aliphatic heterocycles. The molecule has 0 saturated heterocycles. The number of hydrogen-bond donors (Lipinski definition) is 2. The molecule has 37 heavy (non-hydrogen) atoms. The molecule has 0 radical (unpaired) electrons. The average Bonchev–Trinajstić information content (AvgIpc) is 3.73. The van der Waals surface area contributed by atoms with Crippen LogP contribution in [0.15, 0.2) is 72.9 Å². The number of rotatable bonds is 8. The highest BCUT2D eigenvalue weighted by molar-refractivity contribution is 6.16. The largest absolute Gasteiger partial charge is 0.493 e. The number of anilines is 2. The normalized spacial score (nSPS) is 13.5. The van der Waals surface area contributed by atoms with Gasteiger partial charge in [-0.25, -0.2) is 0 Å². The Labute approximate surface area is 214 Å². The predicted octanol–water partition coefficient (Wildman–Crippen LogP) is 5.71. The zero-order valence-electron chi connectivity index (χ0n) is 20.8. The second kappa shape index (κ2) is 9.81. The Kier molecular flexibility index (Phi) is 6.40. The van der Waals surface area contributed by atoms with Gasteiger partial charge in [0, 0.05) is 29.0 Å². The van der Waals surface area contributed by atoms with Gasteiger partial charge in [0.1, 0.15) is 16.9 Å². The number of benzene rings is 3. The number of aryl methyl sites for hydroxylation is 1. The lowest BCUT2D eigenvalue weighted by Crippen LogP contribution is -2.35. The average molecular weight is 498 g/mol. The minimum atomic E-state index is -1.05. The smallest absolute Gasteiger partial charge is 0.240 e. The molecule has 8 heteroatoms. The van der Waals surface area contributed by atoms with Crippen LogP contribution in [-0.2, 0) is 9.59 Å². The summed E-state index contributed by atoms with van der Waals surface area (Å²) < 4.78 is 16.9. The molecule has 188 valence electrons. The fraction of sp³-hybridized carbons (Fsp3) is 0.207. The zero-order chi connectivity index (χ0) is 26.0. The number of aromatic nitrogens is 1. The van der Waals surface area contributed by atoms with Crippen molar-refractivity contribution >= 4 is 34.1 Å². The standard InChI is InChI=1S/C29H27N3O5/c1-18-4-6-19(7-5-18)31-27(33)29(13-14-29)28(34)32-20-8-10-21(11-9-20)37-24-12-15-30-23-17-26(36-3)25(35-2)16-22(23)24/h4-12,15-17H,13-14H2,1-3H3,(H,31,33)(H,32,34). The minimum absolute atomic E-state index is 0.287. The molecule has 1 aliphatic carbocycles. The number of carbonyl (C=O) groups excluding carboxylic acids is 2. The summed E-state index contributed by atoms with van der Waals surface area (Å²) in [5.74, 6) is 1.75. The molecule has 0 unspecified atom stereocenters. The van der Waals surface area contributed by atoms with E-state index in [0.29, 0.717) is 52.7 Å². The van der Waals surface area contributed by atoms with Gasteiger partial charge in [-0.3, -0.25) is 14.6 Å². The van der Waals surface area contributed by atoms with Crippen LogP contribution in [0, 0.1) is 12.3 Å². The van der Waals surface area contributed by atoms with Crippen molar-refractivity contribution in [3.05, 3.63) is 78.5 Å². The first kappa shape index (κ1) is 24.1. The molecular formula is C29H27N3O5. The van der Waals surface area contributed by atoms with Crippen molar-refractivity contribution in [3.8, 4) is 23.0 Å². The maximum atomic E-state index is 13.0. The summed E-state index contributed by atoms with van der Waals surface area (Å²) in [5, 5.41) is 6.51. The number of fused-ring (bicyclic) bond motifs is 1. The van der Waals surface area contributed by atoms with Crippen molar-refractivity contribution in [3.63, 3.8) is 0 Å². The highest BCUT2D eigenvalue weighted by Crippen LogP contribution is 2.47. The lowest BCUT2D eigenvalue weighted by molar-refractivity contribution is -0.131. The fourth-order valence-corrected chi connectivity index (χ4v) is 4.09. The van der Waals surface area contributed by atoms with Gasteiger partial charge < -0.3 is 24.8 Å². The van der Waals surface area contributed by atoms with Crippen molar-refractivity contribution in [1.29, 1.82) is 0 Å². The highest BCUT2D eigenvalue weighted by atomic mass is 16.5. The van der Waals surface area contributed by atoms with Gasteiger partial charge in [0.2, 0.25) is 11.8 Å². The number of amides is 2. The van der Waals surface area contributed by atoms with E-state index in [1.165, 1.54) is 0 Å². The van der Waals surface area contributed by atoms with E-state index in [0.717, 1.165) is 10.9 Å². The Morgan fingerprint density at radius 2 is 1.35 bits per heavy atom. The van der Waals surface area contributed by atoms with E-state index in [9.17, 15) is 9.59 Å². The molecule has 3 aromatic carbocycles. The summed E-state index contributed by atoms with van der Waals surface area (Å²) in [4.78, 5) is 30.2. The van der Waals surface area contributed by atoms with Gasteiger partial charge in [0.15, 0.2) is 11.5 Å². The van der Waals surface area contributed by atoms with Gasteiger partial charge in [-0.2, -0.15) is 0 Å². The summed E-state index contributed by atoms with van der Waals surface area (Å²) in [5.41, 5.74) is 2.02. The van der Waals surface area contributed by atoms with Crippen molar-refractivity contribution in [2.75, 3.05) is 24.9 Å². The predicted molar refractivity (Wildman–Crippen MR) is 141 cm³/mol. The minimum Gasteiger partial charge on any atom is -0.493 e. The van der Waals surface area contributed by atoms with Gasteiger partial charge in [-0.05, 0) is 68.3 Å². The molecule has 2 N–H and O–H groups in total. The zero-order valence-corrected chi connectivity index (χ0v) is 20.8. The van der Waals surface area contributed by atoms with Gasteiger partial charge in [-0.15, -0.1) is 0 Å². The highest BCUT2D eigenvalue weighted by Gasteiger charge is 2.56. The molecule has 0 atom stereocenters. The van der Waals surface area contributed by atoms with E-state index >= 15 is 0 Å². The van der Waals surface area contributed by atoms with Crippen molar-refractivity contribution < 1.29 is 23.8 Å². The van der Waals surface area contributed by atoms with Crippen molar-refractivity contribution in [1.82, 2.24) is 4.98 Å². The Bertz CT molecular complexity index is 1460. The number of nitrogens with zero attached hydrogens (tertiary/aromatic N) is 1. The number of methoxy groups -OCH3 is 2. The van der Waals surface area contributed by atoms with Crippen LogP contribution in [-0.4, -0.2) is 31.0 Å². The molecule has 5 rings (SSSR count). The van der Waals surface area contributed by atoms with Crippen LogP contribution in [0.5, 0.6) is 23.0 Å². The third kappa shape index (κ3) is 4.91. The van der Waals surface area contributed by atoms with Crippen LogP contribution >= 0.6 is 0 Å². The van der Waals surface area contributed by atoms with E-state index < -0.39 is 5.41 Å². The fourth-order valence-electron chi connectivity index (χ4n) is 4.09. The first-order valence-electron chi connectivity index (χ1n) is 11.9. The summed E-state index contributed by atoms with van der Waals surface area (Å²) in [6.45, 7) is 1.98. The lowest BCUT2D eigenvalue weighted by atomic mass is 10.0. The summed E-state index contributed by atoms with van der Waals surface area (Å²) >= 11 is 0. The Balaban J connectivity index is 1.27. The molecule has 1 aliphatic rings. The number of hydrogen-bond acceptors (Lipinski definition) is 6. The van der Waals surface area contributed by atoms with E-state index in [4.69, 9.17) is 14.2 Å². The number of carbonyl (C=O) groups is 2. The molecule has 1 saturated carbocycles. The summed E-state index contributed by atoms with van der Waals surface area (Å²) in [6.07, 6.45) is 2.69. The molecule has 0 spiro atoms. The summed E-state index contributed by atoms with van der Waals surface area (Å²) in [6, 6.07) is 19.9. The van der Waals surface area contributed by atoms with E-state index in [1.54, 1.807) is 56.8 Å². The van der Waals surface area contributed by atoms with E-state index in [1.807, 2.05) is 37.3 Å². The molecule has 1 fully saturated rings. The Morgan fingerprint density at radius 1 is 0.784 bits per heavy atom. The molecule has 1 heterocycles. The maximum absolute atomic E-state index is 13.0. The van der Waals surface area contributed by atoms with Crippen LogP contribution in [0.2, 0.25) is 0 Å². The molecule has 2 amide bonds. The van der Waals surface area contributed by atoms with Gasteiger partial charge in [-0.1, -0.05) is 17.7 Å². The second-order valence-corrected chi connectivity index (χ2v) is 9.02. The first-order valence-corrected chi connectivity index (χ1v) is 11.9. The quantitative estimate of drug-likeness (QED) is 0.303. The number of pyridine rings is 1. The van der Waals surface area contributed by atoms with Crippen LogP contribution in [0.3, 0.4) is 0 Å². The first-order chi connectivity index (χ1) is 17.9. The van der Waals surface area contributed by atoms with Crippen molar-refractivity contribution in [2.24, 2.45) is 5.41 Å². The monoisotopic (exact) mass is 497 g/mol. The third-order valence-electron chi connectivity index (χ3n) is 6.48. The molecule has 0 bridgehead atoms. The number of ether oxygens (including phenoxy) is 3. The lowest BCUT2D eigenvalue weighted by Gasteiger charge is -2.16. The Morgan fingerprint density at radius 3 is 1.92 bits per heavy atom. The van der Waals surface area contributed by atoms with E-state index in [2.05, 4.69) is 15.6 Å². The van der Waals surface area contributed by atoms with Gasteiger partial charge in [0.05, 0.1) is 19.7 Å². The SMILES string of the molecule is COc1cc2nccc(Oc3ccc(NC(=O)C4(C(=O)Nc5ccc(C)cc5)CC4)cc3)c2cc1OC. The van der Waals surface area contributed by atoms with Crippen LogP contribution in [0.25, 0.3) is 10.9 Å². The van der Waals surface area contributed by atoms with Crippen LogP contribution in [0.1, 0.15) is 18.4 Å². The summed E-state index contributed by atoms with van der Waals surface area (Å²) in [7, 11) is 3.15. The molecular weight excluding hydrogens is 470 g/mol. The topological polar surface area (TPSA) is 98.8 Å². The van der Waals surface area contributed by atoms with Crippen LogP contribution in [0.4, 0.5) is 11.4 Å². The Hall–Kier alpha value is -4.59. The van der Waals surface area contributed by atoms with Crippen molar-refractivity contribution in [2.45, 2.75) is 19.8 Å². The van der Waals surface area contributed by atoms with E-state index in [-0.39, 0.29) is 11.8 Å². The molecule has 8 nitrogen and oxygen atoms in total. The second-order valence-electron chi connectivity index (χ2n) is 9.02. The molecule has 1 aromatic heterocycles. The molecule has 4 aromatic rings. The van der Waals surface area contributed by atoms with Crippen LogP contribution < -0.4 is 24.8 Å². The maximum Gasteiger partial charge on any atom is 0.240 e. The number of nitrogens with one attached hydrogen (secondary N) is 2. The van der Waals surface area contributed by atoms with Gasteiger partial charge >= 0.3 is 0 Å².